The number of rotatable bonds is 0. The molecule has 2 aliphatic heterocycles. The number of aliphatic hydroxyl groups excluding tert-OH is 1. The molecule has 0 aromatic carbocycles. The molecule has 2 atom stereocenters. The van der Waals surface area contributed by atoms with Crippen LogP contribution in [0.2, 0.25) is 0 Å². The summed E-state index contributed by atoms with van der Waals surface area (Å²) in [4.78, 5) is 2.28. The van der Waals surface area contributed by atoms with Crippen LogP contribution in [0.5, 0.6) is 0 Å². The molecule has 0 amide bonds. The van der Waals surface area contributed by atoms with Crippen LogP contribution in [0.4, 0.5) is 0 Å². The smallest absolute Gasteiger partial charge is 0.0665 e. The van der Waals surface area contributed by atoms with Crippen molar-refractivity contribution in [3.8, 4) is 0 Å². The van der Waals surface area contributed by atoms with Gasteiger partial charge < -0.3 is 14.7 Å². The van der Waals surface area contributed by atoms with E-state index in [0.29, 0.717) is 11.8 Å². The zero-order chi connectivity index (χ0) is 7.84. The Labute approximate surface area is 66.9 Å². The van der Waals surface area contributed by atoms with Crippen molar-refractivity contribution in [2.24, 2.45) is 11.8 Å². The SMILES string of the molecule is CN1C[C@@H]2COC[C@@H](C1)C2O. The van der Waals surface area contributed by atoms with Crippen LogP contribution in [0, 0.1) is 11.8 Å². The van der Waals surface area contributed by atoms with Crippen LogP contribution in [0.3, 0.4) is 0 Å². The topological polar surface area (TPSA) is 32.7 Å². The number of piperidine rings is 1. The molecule has 0 radical (unpaired) electrons. The predicted molar refractivity (Wildman–Crippen MR) is 41.3 cm³/mol. The highest BCUT2D eigenvalue weighted by atomic mass is 16.5. The zero-order valence-corrected chi connectivity index (χ0v) is 6.86. The number of hydrogen-bond acceptors (Lipinski definition) is 3. The monoisotopic (exact) mass is 157 g/mol. The van der Waals surface area contributed by atoms with Gasteiger partial charge in [0.2, 0.25) is 0 Å². The molecular weight excluding hydrogens is 142 g/mol. The molecule has 0 aliphatic carbocycles. The number of nitrogens with zero attached hydrogens (tertiary/aromatic N) is 1. The van der Waals surface area contributed by atoms with Crippen LogP contribution < -0.4 is 0 Å². The van der Waals surface area contributed by atoms with E-state index in [1.54, 1.807) is 0 Å². The largest absolute Gasteiger partial charge is 0.392 e. The number of aliphatic hydroxyl groups is 1. The van der Waals surface area contributed by atoms with Gasteiger partial charge in [0.15, 0.2) is 0 Å². The molecule has 2 aliphatic rings. The summed E-state index contributed by atoms with van der Waals surface area (Å²) in [6, 6.07) is 0. The zero-order valence-electron chi connectivity index (χ0n) is 6.86. The van der Waals surface area contributed by atoms with Crippen molar-refractivity contribution in [2.45, 2.75) is 6.10 Å². The number of ether oxygens (including phenoxy) is 1. The molecule has 64 valence electrons. The second-order valence-corrected chi connectivity index (χ2v) is 3.77. The maximum atomic E-state index is 9.70. The van der Waals surface area contributed by atoms with Crippen molar-refractivity contribution in [3.05, 3.63) is 0 Å². The quantitative estimate of drug-likeness (QED) is 0.517. The van der Waals surface area contributed by atoms with Crippen molar-refractivity contribution in [1.29, 1.82) is 0 Å². The van der Waals surface area contributed by atoms with Crippen molar-refractivity contribution in [2.75, 3.05) is 33.4 Å². The average molecular weight is 157 g/mol. The van der Waals surface area contributed by atoms with Crippen LogP contribution in [-0.2, 0) is 4.74 Å². The highest BCUT2D eigenvalue weighted by molar-refractivity contribution is 4.88. The molecule has 0 spiro atoms. The highest BCUT2D eigenvalue weighted by Gasteiger charge is 2.37. The fraction of sp³-hybridized carbons (Fsp3) is 1.00. The molecule has 2 saturated heterocycles. The van der Waals surface area contributed by atoms with Gasteiger partial charge in [0.1, 0.15) is 0 Å². The molecule has 0 aromatic heterocycles. The van der Waals surface area contributed by atoms with E-state index in [-0.39, 0.29) is 6.10 Å². The molecule has 3 heteroatoms. The molecule has 0 unspecified atom stereocenters. The Morgan fingerprint density at radius 3 is 2.36 bits per heavy atom. The summed E-state index contributed by atoms with van der Waals surface area (Å²) in [5.74, 6) is 0.708. The maximum absolute atomic E-state index is 9.70. The predicted octanol–water partition coefficient (Wildman–Crippen LogP) is -0.445. The van der Waals surface area contributed by atoms with Gasteiger partial charge >= 0.3 is 0 Å². The van der Waals surface area contributed by atoms with Crippen molar-refractivity contribution in [3.63, 3.8) is 0 Å². The third-order valence-electron chi connectivity index (χ3n) is 2.72. The van der Waals surface area contributed by atoms with Gasteiger partial charge in [0, 0.05) is 24.9 Å². The van der Waals surface area contributed by atoms with Gasteiger partial charge in [-0.2, -0.15) is 0 Å². The number of fused-ring (bicyclic) bond motifs is 2. The number of likely N-dealkylation sites (tertiary alicyclic amines) is 1. The lowest BCUT2D eigenvalue weighted by Gasteiger charge is -2.43. The Kier molecular flexibility index (Phi) is 1.87. The minimum Gasteiger partial charge on any atom is -0.392 e. The molecule has 1 N–H and O–H groups in total. The van der Waals surface area contributed by atoms with E-state index < -0.39 is 0 Å². The Balaban J connectivity index is 2.07. The molecule has 2 fully saturated rings. The average Bonchev–Trinajstić information content (AvgIpc) is 1.92. The molecule has 2 heterocycles. The summed E-state index contributed by atoms with van der Waals surface area (Å²) in [5.41, 5.74) is 0. The van der Waals surface area contributed by atoms with Crippen molar-refractivity contribution >= 4 is 0 Å². The molecule has 2 rings (SSSR count). The molecular formula is C8H15NO2. The number of hydrogen-bond donors (Lipinski definition) is 1. The fourth-order valence-electron chi connectivity index (χ4n) is 2.15. The van der Waals surface area contributed by atoms with Crippen LogP contribution in [0.15, 0.2) is 0 Å². The summed E-state index contributed by atoms with van der Waals surface area (Å²) < 4.78 is 5.37. The minimum absolute atomic E-state index is 0.111. The lowest BCUT2D eigenvalue weighted by Crippen LogP contribution is -2.54. The van der Waals surface area contributed by atoms with Gasteiger partial charge in [-0.3, -0.25) is 0 Å². The van der Waals surface area contributed by atoms with E-state index in [4.69, 9.17) is 4.74 Å². The second kappa shape index (κ2) is 2.73. The Bertz CT molecular complexity index is 137. The summed E-state index contributed by atoms with van der Waals surface area (Å²) >= 11 is 0. The Hall–Kier alpha value is -0.120. The second-order valence-electron chi connectivity index (χ2n) is 3.77. The third-order valence-corrected chi connectivity index (χ3v) is 2.72. The van der Waals surface area contributed by atoms with Gasteiger partial charge in [-0.05, 0) is 7.05 Å². The molecule has 0 saturated carbocycles. The van der Waals surface area contributed by atoms with Crippen LogP contribution in [0.25, 0.3) is 0 Å². The van der Waals surface area contributed by atoms with E-state index in [1.165, 1.54) is 0 Å². The first-order valence-corrected chi connectivity index (χ1v) is 4.21. The van der Waals surface area contributed by atoms with Gasteiger partial charge in [-0.1, -0.05) is 0 Å². The highest BCUT2D eigenvalue weighted by Crippen LogP contribution is 2.26. The molecule has 0 aromatic rings. The summed E-state index contributed by atoms with van der Waals surface area (Å²) in [6.45, 7) is 3.44. The lowest BCUT2D eigenvalue weighted by molar-refractivity contribution is -0.119. The molecule has 2 bridgehead atoms. The van der Waals surface area contributed by atoms with E-state index in [1.807, 2.05) is 0 Å². The van der Waals surface area contributed by atoms with Gasteiger partial charge in [0.25, 0.3) is 0 Å². The van der Waals surface area contributed by atoms with Crippen LogP contribution in [-0.4, -0.2) is 49.5 Å². The first-order chi connectivity index (χ1) is 5.27. The van der Waals surface area contributed by atoms with Crippen molar-refractivity contribution in [1.82, 2.24) is 4.90 Å². The van der Waals surface area contributed by atoms with E-state index in [9.17, 15) is 5.11 Å². The maximum Gasteiger partial charge on any atom is 0.0665 e. The molecule has 11 heavy (non-hydrogen) atoms. The summed E-state index contributed by atoms with van der Waals surface area (Å²) in [5, 5.41) is 9.70. The van der Waals surface area contributed by atoms with Crippen LogP contribution in [0.1, 0.15) is 0 Å². The van der Waals surface area contributed by atoms with E-state index >= 15 is 0 Å². The van der Waals surface area contributed by atoms with Gasteiger partial charge in [-0.25, -0.2) is 0 Å². The first kappa shape index (κ1) is 7.53. The Morgan fingerprint density at radius 2 is 1.82 bits per heavy atom. The third kappa shape index (κ3) is 1.28. The fourth-order valence-corrected chi connectivity index (χ4v) is 2.15. The van der Waals surface area contributed by atoms with Gasteiger partial charge in [-0.15, -0.1) is 0 Å². The summed E-state index contributed by atoms with van der Waals surface area (Å²) in [7, 11) is 2.11. The van der Waals surface area contributed by atoms with E-state index in [0.717, 1.165) is 26.3 Å². The normalized spacial score (nSPS) is 45.8. The first-order valence-electron chi connectivity index (χ1n) is 4.21. The minimum atomic E-state index is -0.111. The van der Waals surface area contributed by atoms with Crippen molar-refractivity contribution < 1.29 is 9.84 Å². The standard InChI is InChI=1S/C8H15NO2/c1-9-2-6-4-11-5-7(3-9)8(6)10/h6-8,10H,2-5H2,1H3/t6-,7-/m1/s1. The Morgan fingerprint density at radius 1 is 1.27 bits per heavy atom. The van der Waals surface area contributed by atoms with Crippen LogP contribution >= 0.6 is 0 Å². The lowest BCUT2D eigenvalue weighted by atomic mass is 9.85. The van der Waals surface area contributed by atoms with E-state index in [2.05, 4.69) is 11.9 Å². The summed E-state index contributed by atoms with van der Waals surface area (Å²) in [6.07, 6.45) is -0.111. The molecule has 3 nitrogen and oxygen atoms in total. The van der Waals surface area contributed by atoms with Gasteiger partial charge in [0.05, 0.1) is 19.3 Å².